The number of benzene rings is 3. The van der Waals surface area contributed by atoms with E-state index in [4.69, 9.17) is 5.73 Å². The van der Waals surface area contributed by atoms with Crippen molar-refractivity contribution in [3.8, 4) is 11.1 Å². The van der Waals surface area contributed by atoms with Crippen molar-refractivity contribution in [3.05, 3.63) is 65.7 Å². The molecule has 0 heterocycles. The van der Waals surface area contributed by atoms with Gasteiger partial charge in [0.2, 0.25) is 0 Å². The van der Waals surface area contributed by atoms with Crippen LogP contribution >= 0.6 is 0 Å². The molecule has 3 aromatic rings. The molecular formula is C18H15NO2. The lowest BCUT2D eigenvalue weighted by Gasteiger charge is -2.11. The van der Waals surface area contributed by atoms with Gasteiger partial charge in [0, 0.05) is 5.69 Å². The van der Waals surface area contributed by atoms with Gasteiger partial charge < -0.3 is 10.8 Å². The van der Waals surface area contributed by atoms with Gasteiger partial charge >= 0.3 is 5.97 Å². The van der Waals surface area contributed by atoms with Gasteiger partial charge in [-0.25, -0.2) is 4.79 Å². The van der Waals surface area contributed by atoms with E-state index in [0.717, 1.165) is 21.9 Å². The molecule has 3 rings (SSSR count). The predicted octanol–water partition coefficient (Wildman–Crippen LogP) is 4.10. The molecule has 3 aromatic carbocycles. The number of aromatic carboxylic acids is 1. The van der Waals surface area contributed by atoms with Gasteiger partial charge in [-0.1, -0.05) is 36.4 Å². The first-order valence-electron chi connectivity index (χ1n) is 6.69. The Balaban J connectivity index is 2.31. The minimum Gasteiger partial charge on any atom is -0.478 e. The van der Waals surface area contributed by atoms with E-state index in [1.807, 2.05) is 36.4 Å². The van der Waals surface area contributed by atoms with Crippen molar-refractivity contribution in [2.24, 2.45) is 0 Å². The smallest absolute Gasteiger partial charge is 0.335 e. The summed E-state index contributed by atoms with van der Waals surface area (Å²) < 4.78 is 0. The summed E-state index contributed by atoms with van der Waals surface area (Å²) in [5, 5.41) is 11.4. The Morgan fingerprint density at radius 2 is 1.71 bits per heavy atom. The number of carbonyl (C=O) groups is 1. The fourth-order valence-electron chi connectivity index (χ4n) is 2.63. The van der Waals surface area contributed by atoms with E-state index in [0.29, 0.717) is 5.69 Å². The van der Waals surface area contributed by atoms with Gasteiger partial charge in [-0.05, 0) is 52.6 Å². The van der Waals surface area contributed by atoms with Crippen molar-refractivity contribution in [2.75, 3.05) is 5.73 Å². The van der Waals surface area contributed by atoms with E-state index in [2.05, 4.69) is 13.0 Å². The second-order valence-electron chi connectivity index (χ2n) is 5.12. The molecule has 0 unspecified atom stereocenters. The summed E-state index contributed by atoms with van der Waals surface area (Å²) >= 11 is 0. The quantitative estimate of drug-likeness (QED) is 0.693. The number of hydrogen-bond donors (Lipinski definition) is 2. The van der Waals surface area contributed by atoms with E-state index in [1.54, 1.807) is 6.07 Å². The summed E-state index contributed by atoms with van der Waals surface area (Å²) in [6.07, 6.45) is 0. The molecule has 21 heavy (non-hydrogen) atoms. The molecule has 3 N–H and O–H groups in total. The van der Waals surface area contributed by atoms with Gasteiger partial charge in [0.05, 0.1) is 5.56 Å². The van der Waals surface area contributed by atoms with Crippen molar-refractivity contribution in [1.29, 1.82) is 0 Å². The summed E-state index contributed by atoms with van der Waals surface area (Å²) in [4.78, 5) is 11.2. The zero-order chi connectivity index (χ0) is 15.0. The molecule has 0 aromatic heterocycles. The molecule has 0 amide bonds. The van der Waals surface area contributed by atoms with Crippen LogP contribution in [-0.2, 0) is 0 Å². The second-order valence-corrected chi connectivity index (χ2v) is 5.12. The topological polar surface area (TPSA) is 63.3 Å². The maximum atomic E-state index is 11.2. The van der Waals surface area contributed by atoms with Crippen LogP contribution in [0.1, 0.15) is 15.9 Å². The Hall–Kier alpha value is -2.81. The van der Waals surface area contributed by atoms with Gasteiger partial charge in [-0.2, -0.15) is 0 Å². The number of nitrogen functional groups attached to an aromatic ring is 1. The minimum atomic E-state index is -0.972. The van der Waals surface area contributed by atoms with Crippen molar-refractivity contribution in [1.82, 2.24) is 0 Å². The van der Waals surface area contributed by atoms with E-state index in [-0.39, 0.29) is 5.56 Å². The van der Waals surface area contributed by atoms with Gasteiger partial charge in [-0.15, -0.1) is 0 Å². The number of nitrogens with two attached hydrogens (primary N) is 1. The summed E-state index contributed by atoms with van der Waals surface area (Å²) in [7, 11) is 0. The summed E-state index contributed by atoms with van der Waals surface area (Å²) in [5.41, 5.74) is 9.51. The lowest BCUT2D eigenvalue weighted by atomic mass is 9.94. The third-order valence-electron chi connectivity index (χ3n) is 3.66. The molecule has 0 radical (unpaired) electrons. The Kier molecular flexibility index (Phi) is 3.10. The molecule has 3 nitrogen and oxygen atoms in total. The monoisotopic (exact) mass is 277 g/mol. The summed E-state index contributed by atoms with van der Waals surface area (Å²) in [6.45, 7) is 2.06. The predicted molar refractivity (Wildman–Crippen MR) is 85.5 cm³/mol. The molecule has 0 fully saturated rings. The molecule has 104 valence electrons. The fourth-order valence-corrected chi connectivity index (χ4v) is 2.63. The highest BCUT2D eigenvalue weighted by atomic mass is 16.4. The van der Waals surface area contributed by atoms with Crippen LogP contribution in [0.4, 0.5) is 5.69 Å². The highest BCUT2D eigenvalue weighted by Crippen LogP contribution is 2.32. The maximum absolute atomic E-state index is 11.2. The van der Waals surface area contributed by atoms with Crippen LogP contribution in [0, 0.1) is 6.92 Å². The number of anilines is 1. The van der Waals surface area contributed by atoms with Crippen LogP contribution in [-0.4, -0.2) is 11.1 Å². The van der Waals surface area contributed by atoms with Crippen LogP contribution in [0.3, 0.4) is 0 Å². The fraction of sp³-hybridized carbons (Fsp3) is 0.0556. The van der Waals surface area contributed by atoms with Crippen molar-refractivity contribution < 1.29 is 9.90 Å². The van der Waals surface area contributed by atoms with E-state index in [9.17, 15) is 9.90 Å². The standard InChI is InChI=1S/C18H15NO2/c1-11-6-7-16(17-5-3-2-4-15(11)17)12-8-13(18(20)21)10-14(19)9-12/h2-10H,19H2,1H3,(H,20,21). The highest BCUT2D eigenvalue weighted by molar-refractivity contribution is 6.00. The zero-order valence-electron chi connectivity index (χ0n) is 11.6. The summed E-state index contributed by atoms with van der Waals surface area (Å²) in [6, 6.07) is 17.1. The lowest BCUT2D eigenvalue weighted by molar-refractivity contribution is 0.0697. The largest absolute Gasteiger partial charge is 0.478 e. The first kappa shape index (κ1) is 13.2. The van der Waals surface area contributed by atoms with Gasteiger partial charge in [0.25, 0.3) is 0 Å². The van der Waals surface area contributed by atoms with Crippen LogP contribution < -0.4 is 5.73 Å². The second kappa shape index (κ2) is 4.94. The van der Waals surface area contributed by atoms with Crippen LogP contribution in [0.2, 0.25) is 0 Å². The Bertz CT molecular complexity index is 853. The molecule has 0 aliphatic rings. The number of rotatable bonds is 2. The molecule has 3 heteroatoms. The van der Waals surface area contributed by atoms with Crippen molar-refractivity contribution >= 4 is 22.4 Å². The molecule has 0 aliphatic heterocycles. The van der Waals surface area contributed by atoms with Gasteiger partial charge in [-0.3, -0.25) is 0 Å². The first-order valence-corrected chi connectivity index (χ1v) is 6.69. The number of hydrogen-bond acceptors (Lipinski definition) is 2. The number of aryl methyl sites for hydroxylation is 1. The van der Waals surface area contributed by atoms with Gasteiger partial charge in [0.1, 0.15) is 0 Å². The average Bonchev–Trinajstić information content (AvgIpc) is 2.47. The normalized spacial score (nSPS) is 10.7. The lowest BCUT2D eigenvalue weighted by Crippen LogP contribution is -1.99. The van der Waals surface area contributed by atoms with E-state index < -0.39 is 5.97 Å². The molecule has 0 saturated heterocycles. The summed E-state index contributed by atoms with van der Waals surface area (Å²) in [5.74, 6) is -0.972. The molecular weight excluding hydrogens is 262 g/mol. The average molecular weight is 277 g/mol. The van der Waals surface area contributed by atoms with Crippen LogP contribution in [0.5, 0.6) is 0 Å². The van der Waals surface area contributed by atoms with E-state index >= 15 is 0 Å². The third-order valence-corrected chi connectivity index (χ3v) is 3.66. The number of carboxylic acids is 1. The first-order chi connectivity index (χ1) is 10.1. The van der Waals surface area contributed by atoms with Crippen molar-refractivity contribution in [3.63, 3.8) is 0 Å². The Morgan fingerprint density at radius 3 is 2.43 bits per heavy atom. The van der Waals surface area contributed by atoms with Crippen LogP contribution in [0.25, 0.3) is 21.9 Å². The molecule has 0 aliphatic carbocycles. The molecule has 0 saturated carbocycles. The maximum Gasteiger partial charge on any atom is 0.335 e. The highest BCUT2D eigenvalue weighted by Gasteiger charge is 2.10. The molecule has 0 spiro atoms. The van der Waals surface area contributed by atoms with E-state index in [1.165, 1.54) is 11.6 Å². The van der Waals surface area contributed by atoms with Gasteiger partial charge in [0.15, 0.2) is 0 Å². The third kappa shape index (κ3) is 2.34. The number of fused-ring (bicyclic) bond motifs is 1. The molecule has 0 atom stereocenters. The van der Waals surface area contributed by atoms with Crippen molar-refractivity contribution in [2.45, 2.75) is 6.92 Å². The Labute approximate surface area is 122 Å². The molecule has 0 bridgehead atoms. The SMILES string of the molecule is Cc1ccc(-c2cc(N)cc(C(=O)O)c2)c2ccccc12. The zero-order valence-corrected chi connectivity index (χ0v) is 11.6. The number of carboxylic acid groups (broad SMARTS) is 1. The minimum absolute atomic E-state index is 0.203. The Morgan fingerprint density at radius 1 is 1.00 bits per heavy atom. The van der Waals surface area contributed by atoms with Crippen LogP contribution in [0.15, 0.2) is 54.6 Å².